The standard InChI is InChI=1S/C22H28N6O2/c1-29-18-7-4-6-17(16-18)24-22-25-21(26-27-22)19-8-2-3-9-20(19)23-10-5-11-28-12-14-30-15-13-28/h2-4,6-9,16,23H,5,10-15H2,1H3,(H2,24,25,26,27). The summed E-state index contributed by atoms with van der Waals surface area (Å²) in [6, 6.07) is 15.8. The summed E-state index contributed by atoms with van der Waals surface area (Å²) in [4.78, 5) is 7.06. The van der Waals surface area contributed by atoms with Gasteiger partial charge in [-0.15, -0.1) is 5.10 Å². The van der Waals surface area contributed by atoms with Crippen molar-refractivity contribution in [1.82, 2.24) is 20.1 Å². The van der Waals surface area contributed by atoms with Crippen LogP contribution in [0.4, 0.5) is 17.3 Å². The fraction of sp³-hybridized carbons (Fsp3) is 0.364. The smallest absolute Gasteiger partial charge is 0.246 e. The Kier molecular flexibility index (Phi) is 6.79. The maximum Gasteiger partial charge on any atom is 0.246 e. The highest BCUT2D eigenvalue weighted by Gasteiger charge is 2.12. The average Bonchev–Trinajstić information content (AvgIpc) is 3.26. The van der Waals surface area contributed by atoms with Crippen molar-refractivity contribution in [1.29, 1.82) is 0 Å². The molecule has 0 saturated carbocycles. The zero-order valence-corrected chi connectivity index (χ0v) is 17.2. The van der Waals surface area contributed by atoms with Crippen molar-refractivity contribution in [3.8, 4) is 17.1 Å². The summed E-state index contributed by atoms with van der Waals surface area (Å²) in [6.45, 7) is 5.71. The minimum absolute atomic E-state index is 0.514. The third-order valence-electron chi connectivity index (χ3n) is 5.06. The third-order valence-corrected chi connectivity index (χ3v) is 5.06. The highest BCUT2D eigenvalue weighted by Crippen LogP contribution is 2.26. The second-order valence-corrected chi connectivity index (χ2v) is 7.14. The van der Waals surface area contributed by atoms with Crippen LogP contribution in [0.5, 0.6) is 5.75 Å². The van der Waals surface area contributed by atoms with E-state index >= 15 is 0 Å². The Labute approximate surface area is 176 Å². The SMILES string of the molecule is COc1cccc(Nc2n[nH]c(-c3ccccc3NCCCN3CCOCC3)n2)c1. The number of nitrogens with zero attached hydrogens (tertiary/aromatic N) is 3. The number of anilines is 3. The van der Waals surface area contributed by atoms with Crippen molar-refractivity contribution in [2.24, 2.45) is 0 Å². The van der Waals surface area contributed by atoms with Crippen molar-refractivity contribution >= 4 is 17.3 Å². The van der Waals surface area contributed by atoms with Gasteiger partial charge in [-0.1, -0.05) is 18.2 Å². The zero-order valence-electron chi connectivity index (χ0n) is 17.2. The van der Waals surface area contributed by atoms with E-state index in [0.29, 0.717) is 5.95 Å². The van der Waals surface area contributed by atoms with Crippen molar-refractivity contribution < 1.29 is 9.47 Å². The summed E-state index contributed by atoms with van der Waals surface area (Å²) in [7, 11) is 1.65. The number of rotatable bonds is 9. The van der Waals surface area contributed by atoms with Crippen LogP contribution in [0.3, 0.4) is 0 Å². The molecule has 8 heteroatoms. The van der Waals surface area contributed by atoms with Crippen LogP contribution in [0.2, 0.25) is 0 Å². The Hall–Kier alpha value is -3.10. The second kappa shape index (κ2) is 10.1. The van der Waals surface area contributed by atoms with Gasteiger partial charge in [0.15, 0.2) is 5.82 Å². The van der Waals surface area contributed by atoms with E-state index in [9.17, 15) is 0 Å². The first-order chi connectivity index (χ1) is 14.8. The van der Waals surface area contributed by atoms with Crippen LogP contribution in [0.1, 0.15) is 6.42 Å². The maximum absolute atomic E-state index is 5.41. The summed E-state index contributed by atoms with van der Waals surface area (Å²) in [5.41, 5.74) is 2.91. The van der Waals surface area contributed by atoms with E-state index < -0.39 is 0 Å². The molecule has 0 amide bonds. The second-order valence-electron chi connectivity index (χ2n) is 7.14. The van der Waals surface area contributed by atoms with E-state index in [1.54, 1.807) is 7.11 Å². The third kappa shape index (κ3) is 5.28. The number of aromatic nitrogens is 3. The van der Waals surface area contributed by atoms with Crippen LogP contribution < -0.4 is 15.4 Å². The van der Waals surface area contributed by atoms with Gasteiger partial charge in [0, 0.05) is 42.6 Å². The van der Waals surface area contributed by atoms with Gasteiger partial charge >= 0.3 is 0 Å². The molecule has 2 aromatic carbocycles. The molecule has 1 aliphatic rings. The van der Waals surface area contributed by atoms with Crippen LogP contribution in [0.25, 0.3) is 11.4 Å². The van der Waals surface area contributed by atoms with Crippen LogP contribution in [0.15, 0.2) is 48.5 Å². The number of methoxy groups -OCH3 is 1. The number of morpholine rings is 1. The van der Waals surface area contributed by atoms with E-state index in [0.717, 1.165) is 74.3 Å². The van der Waals surface area contributed by atoms with Crippen molar-refractivity contribution in [3.63, 3.8) is 0 Å². The van der Waals surface area contributed by atoms with Gasteiger partial charge in [-0.2, -0.15) is 4.98 Å². The number of ether oxygens (including phenoxy) is 2. The molecule has 0 radical (unpaired) electrons. The van der Waals surface area contributed by atoms with E-state index in [-0.39, 0.29) is 0 Å². The first-order valence-corrected chi connectivity index (χ1v) is 10.3. The molecular weight excluding hydrogens is 380 g/mol. The number of para-hydroxylation sites is 1. The molecule has 1 fully saturated rings. The highest BCUT2D eigenvalue weighted by atomic mass is 16.5. The van der Waals surface area contributed by atoms with Gasteiger partial charge in [0.2, 0.25) is 5.95 Å². The molecule has 0 spiro atoms. The first-order valence-electron chi connectivity index (χ1n) is 10.3. The topological polar surface area (TPSA) is 87.3 Å². The fourth-order valence-corrected chi connectivity index (χ4v) is 3.46. The molecule has 2 heterocycles. The molecule has 1 aliphatic heterocycles. The van der Waals surface area contributed by atoms with E-state index in [1.807, 2.05) is 42.5 Å². The van der Waals surface area contributed by atoms with Crippen molar-refractivity contribution in [3.05, 3.63) is 48.5 Å². The Morgan fingerprint density at radius 2 is 2.00 bits per heavy atom. The number of benzene rings is 2. The van der Waals surface area contributed by atoms with Crippen molar-refractivity contribution in [2.75, 3.05) is 57.1 Å². The minimum atomic E-state index is 0.514. The van der Waals surface area contributed by atoms with Gasteiger partial charge in [0.1, 0.15) is 5.75 Å². The molecule has 1 aromatic heterocycles. The molecule has 0 bridgehead atoms. The monoisotopic (exact) mass is 408 g/mol. The largest absolute Gasteiger partial charge is 0.497 e. The average molecular weight is 409 g/mol. The summed E-state index contributed by atoms with van der Waals surface area (Å²) < 4.78 is 10.7. The molecular formula is C22H28N6O2. The Morgan fingerprint density at radius 1 is 1.13 bits per heavy atom. The van der Waals surface area contributed by atoms with Gasteiger partial charge in [0.05, 0.1) is 20.3 Å². The predicted molar refractivity (Wildman–Crippen MR) is 118 cm³/mol. The zero-order chi connectivity index (χ0) is 20.6. The van der Waals surface area contributed by atoms with Crippen LogP contribution in [-0.2, 0) is 4.74 Å². The molecule has 30 heavy (non-hydrogen) atoms. The number of nitrogens with one attached hydrogen (secondary N) is 3. The fourth-order valence-electron chi connectivity index (χ4n) is 3.46. The lowest BCUT2D eigenvalue weighted by atomic mass is 10.1. The Balaban J connectivity index is 1.37. The summed E-state index contributed by atoms with van der Waals surface area (Å²) >= 11 is 0. The Bertz CT molecular complexity index is 939. The van der Waals surface area contributed by atoms with Gasteiger partial charge in [-0.3, -0.25) is 10.00 Å². The van der Waals surface area contributed by atoms with Gasteiger partial charge in [-0.25, -0.2) is 0 Å². The van der Waals surface area contributed by atoms with E-state index in [4.69, 9.17) is 9.47 Å². The normalized spacial score (nSPS) is 14.4. The van der Waals surface area contributed by atoms with Crippen LogP contribution in [0, 0.1) is 0 Å². The summed E-state index contributed by atoms with van der Waals surface area (Å²) in [5.74, 6) is 2.01. The predicted octanol–water partition coefficient (Wildman–Crippen LogP) is 3.36. The minimum Gasteiger partial charge on any atom is -0.497 e. The summed E-state index contributed by atoms with van der Waals surface area (Å²) in [6.07, 6.45) is 1.08. The lowest BCUT2D eigenvalue weighted by Gasteiger charge is -2.26. The molecule has 3 N–H and O–H groups in total. The van der Waals surface area contributed by atoms with E-state index in [2.05, 4.69) is 36.8 Å². The lowest BCUT2D eigenvalue weighted by molar-refractivity contribution is 0.0378. The molecule has 0 aliphatic carbocycles. The molecule has 1 saturated heterocycles. The Morgan fingerprint density at radius 3 is 2.87 bits per heavy atom. The van der Waals surface area contributed by atoms with Gasteiger partial charge in [-0.05, 0) is 37.2 Å². The van der Waals surface area contributed by atoms with Crippen molar-refractivity contribution in [2.45, 2.75) is 6.42 Å². The number of hydrogen-bond donors (Lipinski definition) is 3. The molecule has 0 unspecified atom stereocenters. The molecule has 8 nitrogen and oxygen atoms in total. The van der Waals surface area contributed by atoms with E-state index in [1.165, 1.54) is 0 Å². The lowest BCUT2D eigenvalue weighted by Crippen LogP contribution is -2.37. The number of hydrogen-bond acceptors (Lipinski definition) is 7. The first kappa shape index (κ1) is 20.2. The molecule has 0 atom stereocenters. The maximum atomic E-state index is 5.41. The van der Waals surface area contributed by atoms with Gasteiger partial charge < -0.3 is 20.1 Å². The summed E-state index contributed by atoms with van der Waals surface area (Å²) in [5, 5.41) is 14.1. The quantitative estimate of drug-likeness (QED) is 0.468. The van der Waals surface area contributed by atoms with Gasteiger partial charge in [0.25, 0.3) is 0 Å². The molecule has 158 valence electrons. The molecule has 4 rings (SSSR count). The number of aromatic amines is 1. The molecule has 3 aromatic rings. The number of H-pyrrole nitrogens is 1. The van der Waals surface area contributed by atoms with Crippen LogP contribution >= 0.6 is 0 Å². The highest BCUT2D eigenvalue weighted by molar-refractivity contribution is 5.74. The van der Waals surface area contributed by atoms with Crippen LogP contribution in [-0.4, -0.2) is 66.6 Å².